The minimum atomic E-state index is -0.203. The average molecular weight is 292 g/mol. The Labute approximate surface area is 123 Å². The molecule has 0 fully saturated rings. The number of nitrogens with two attached hydrogens (primary N) is 1. The summed E-state index contributed by atoms with van der Waals surface area (Å²) in [5.41, 5.74) is 4.71. The first-order chi connectivity index (χ1) is 9.61. The molecule has 3 N–H and O–H groups in total. The maximum atomic E-state index is 5.95. The molecule has 0 saturated carbocycles. The van der Waals surface area contributed by atoms with Crippen molar-refractivity contribution in [3.63, 3.8) is 0 Å². The number of pyridine rings is 1. The average Bonchev–Trinajstić information content (AvgIpc) is 2.41. The van der Waals surface area contributed by atoms with Crippen LogP contribution >= 0.6 is 11.6 Å². The van der Waals surface area contributed by atoms with E-state index in [1.165, 1.54) is 0 Å². The van der Waals surface area contributed by atoms with E-state index in [1.54, 1.807) is 12.3 Å². The second-order valence-electron chi connectivity index (χ2n) is 4.72. The third kappa shape index (κ3) is 3.48. The van der Waals surface area contributed by atoms with Crippen LogP contribution in [0.3, 0.4) is 0 Å². The molecule has 2 rings (SSSR count). The molecule has 1 aromatic carbocycles. The van der Waals surface area contributed by atoms with Crippen LogP contribution in [0.5, 0.6) is 5.75 Å². The van der Waals surface area contributed by atoms with Crippen LogP contribution in [0.2, 0.25) is 5.15 Å². The minimum absolute atomic E-state index is 0.0932. The van der Waals surface area contributed by atoms with Gasteiger partial charge >= 0.3 is 0 Å². The first-order valence-electron chi connectivity index (χ1n) is 6.45. The highest BCUT2D eigenvalue weighted by molar-refractivity contribution is 6.29. The van der Waals surface area contributed by atoms with Crippen molar-refractivity contribution < 1.29 is 4.74 Å². The summed E-state index contributed by atoms with van der Waals surface area (Å²) in [6.07, 6.45) is 1.75. The summed E-state index contributed by atoms with van der Waals surface area (Å²) in [6, 6.07) is 11.3. The van der Waals surface area contributed by atoms with Crippen LogP contribution < -0.4 is 16.0 Å². The molecule has 0 aliphatic carbocycles. The van der Waals surface area contributed by atoms with Crippen LogP contribution in [0, 0.1) is 0 Å². The van der Waals surface area contributed by atoms with Crippen LogP contribution in [0.4, 0.5) is 0 Å². The van der Waals surface area contributed by atoms with Gasteiger partial charge in [-0.1, -0.05) is 29.8 Å². The maximum absolute atomic E-state index is 5.95. The predicted molar refractivity (Wildman–Crippen MR) is 80.6 cm³/mol. The van der Waals surface area contributed by atoms with Gasteiger partial charge in [-0.15, -0.1) is 0 Å². The summed E-state index contributed by atoms with van der Waals surface area (Å²) < 4.78 is 5.84. The lowest BCUT2D eigenvalue weighted by Crippen LogP contribution is -2.29. The fourth-order valence-corrected chi connectivity index (χ4v) is 2.23. The number of hydrogen-bond acceptors (Lipinski definition) is 4. The molecule has 0 bridgehead atoms. The summed E-state index contributed by atoms with van der Waals surface area (Å²) in [7, 11) is 0. The number of nitrogens with zero attached hydrogens (tertiary/aromatic N) is 1. The largest absolute Gasteiger partial charge is 0.491 e. The molecule has 5 heteroatoms. The summed E-state index contributed by atoms with van der Waals surface area (Å²) in [5.74, 6) is 6.52. The molecular weight excluding hydrogens is 274 g/mol. The summed E-state index contributed by atoms with van der Waals surface area (Å²) in [4.78, 5) is 3.99. The van der Waals surface area contributed by atoms with Crippen molar-refractivity contribution in [2.75, 3.05) is 0 Å². The van der Waals surface area contributed by atoms with E-state index < -0.39 is 0 Å². The molecule has 1 heterocycles. The highest BCUT2D eigenvalue weighted by Gasteiger charge is 2.17. The van der Waals surface area contributed by atoms with Gasteiger partial charge in [0.25, 0.3) is 0 Å². The number of halogens is 1. The molecule has 0 saturated heterocycles. The zero-order valence-corrected chi connectivity index (χ0v) is 12.3. The minimum Gasteiger partial charge on any atom is -0.491 e. The molecule has 1 unspecified atom stereocenters. The number of benzene rings is 1. The summed E-state index contributed by atoms with van der Waals surface area (Å²) in [6.45, 7) is 3.98. The molecule has 0 spiro atoms. The molecule has 4 nitrogen and oxygen atoms in total. The van der Waals surface area contributed by atoms with Crippen LogP contribution in [0.1, 0.15) is 31.0 Å². The quantitative estimate of drug-likeness (QED) is 0.505. The van der Waals surface area contributed by atoms with E-state index in [2.05, 4.69) is 10.4 Å². The van der Waals surface area contributed by atoms with Crippen LogP contribution in [-0.4, -0.2) is 11.1 Å². The lowest BCUT2D eigenvalue weighted by molar-refractivity contribution is 0.238. The van der Waals surface area contributed by atoms with Gasteiger partial charge in [0.2, 0.25) is 0 Å². The standard InChI is InChI=1S/C15H18ClN3O/c1-10(2)20-13-6-4-3-5-12(13)15(19-17)11-7-8-18-14(16)9-11/h3-10,15,19H,17H2,1-2H3. The third-order valence-corrected chi connectivity index (χ3v) is 3.05. The Morgan fingerprint density at radius 1 is 1.25 bits per heavy atom. The van der Waals surface area contributed by atoms with Gasteiger partial charge in [-0.05, 0) is 37.6 Å². The number of ether oxygens (including phenoxy) is 1. The van der Waals surface area contributed by atoms with Crippen LogP contribution in [0.15, 0.2) is 42.6 Å². The molecule has 106 valence electrons. The van der Waals surface area contributed by atoms with Crippen molar-refractivity contribution >= 4 is 11.6 Å². The van der Waals surface area contributed by atoms with Gasteiger partial charge in [-0.25, -0.2) is 10.4 Å². The molecule has 0 radical (unpaired) electrons. The summed E-state index contributed by atoms with van der Waals surface area (Å²) in [5, 5.41) is 0.435. The number of hydrogen-bond donors (Lipinski definition) is 2. The van der Waals surface area contributed by atoms with Crippen molar-refractivity contribution in [3.05, 3.63) is 58.9 Å². The molecule has 2 aromatic rings. The molecule has 0 aliphatic rings. The van der Waals surface area contributed by atoms with E-state index in [-0.39, 0.29) is 12.1 Å². The van der Waals surface area contributed by atoms with Crippen molar-refractivity contribution in [2.45, 2.75) is 26.0 Å². The first-order valence-corrected chi connectivity index (χ1v) is 6.82. The number of rotatable bonds is 5. The normalized spacial score (nSPS) is 12.4. The zero-order chi connectivity index (χ0) is 14.5. The Hall–Kier alpha value is -1.62. The fraction of sp³-hybridized carbons (Fsp3) is 0.267. The van der Waals surface area contributed by atoms with Gasteiger partial charge in [-0.3, -0.25) is 5.84 Å². The smallest absolute Gasteiger partial charge is 0.129 e. The Bertz CT molecular complexity index is 575. The molecule has 0 amide bonds. The monoisotopic (exact) mass is 291 g/mol. The molecule has 0 aliphatic heterocycles. The number of hydrazine groups is 1. The van der Waals surface area contributed by atoms with Gasteiger partial charge < -0.3 is 4.74 Å². The van der Waals surface area contributed by atoms with E-state index >= 15 is 0 Å². The maximum Gasteiger partial charge on any atom is 0.129 e. The van der Waals surface area contributed by atoms with E-state index in [0.717, 1.165) is 16.9 Å². The van der Waals surface area contributed by atoms with Crippen LogP contribution in [0.25, 0.3) is 0 Å². The van der Waals surface area contributed by atoms with E-state index in [4.69, 9.17) is 22.2 Å². The molecule has 20 heavy (non-hydrogen) atoms. The summed E-state index contributed by atoms with van der Waals surface area (Å²) >= 11 is 5.95. The van der Waals surface area contributed by atoms with E-state index in [0.29, 0.717) is 5.15 Å². The van der Waals surface area contributed by atoms with Crippen molar-refractivity contribution in [2.24, 2.45) is 5.84 Å². The number of aromatic nitrogens is 1. The van der Waals surface area contributed by atoms with Crippen molar-refractivity contribution in [1.29, 1.82) is 0 Å². The van der Waals surface area contributed by atoms with Crippen molar-refractivity contribution in [3.8, 4) is 5.75 Å². The fourth-order valence-electron chi connectivity index (χ4n) is 2.04. The number of nitrogens with one attached hydrogen (secondary N) is 1. The molecule has 1 aromatic heterocycles. The highest BCUT2D eigenvalue weighted by atomic mass is 35.5. The Morgan fingerprint density at radius 3 is 2.65 bits per heavy atom. The zero-order valence-electron chi connectivity index (χ0n) is 11.5. The number of para-hydroxylation sites is 1. The molecular formula is C15H18ClN3O. The Morgan fingerprint density at radius 2 is 2.00 bits per heavy atom. The lowest BCUT2D eigenvalue weighted by atomic mass is 9.99. The first kappa shape index (κ1) is 14.8. The molecule has 1 atom stereocenters. The van der Waals surface area contributed by atoms with Gasteiger partial charge in [0.05, 0.1) is 12.1 Å². The second-order valence-corrected chi connectivity index (χ2v) is 5.10. The van der Waals surface area contributed by atoms with Gasteiger partial charge in [0.15, 0.2) is 0 Å². The van der Waals surface area contributed by atoms with Gasteiger partial charge in [-0.2, -0.15) is 0 Å². The SMILES string of the molecule is CC(C)Oc1ccccc1C(NN)c1ccnc(Cl)c1. The second kappa shape index (κ2) is 6.70. The Kier molecular flexibility index (Phi) is 4.95. The van der Waals surface area contributed by atoms with Crippen LogP contribution in [-0.2, 0) is 0 Å². The van der Waals surface area contributed by atoms with Gasteiger partial charge in [0.1, 0.15) is 10.9 Å². The van der Waals surface area contributed by atoms with Crippen molar-refractivity contribution in [1.82, 2.24) is 10.4 Å². The lowest BCUT2D eigenvalue weighted by Gasteiger charge is -2.21. The van der Waals surface area contributed by atoms with E-state index in [1.807, 2.05) is 44.2 Å². The predicted octanol–water partition coefficient (Wildman–Crippen LogP) is 3.07. The highest BCUT2D eigenvalue weighted by Crippen LogP contribution is 2.30. The topological polar surface area (TPSA) is 60.2 Å². The third-order valence-electron chi connectivity index (χ3n) is 2.84. The van der Waals surface area contributed by atoms with E-state index in [9.17, 15) is 0 Å². The Balaban J connectivity index is 2.41. The van der Waals surface area contributed by atoms with Gasteiger partial charge in [0, 0.05) is 11.8 Å².